The molecule has 7 nitrogen and oxygen atoms in total. The van der Waals surface area contributed by atoms with Crippen LogP contribution in [0.2, 0.25) is 5.02 Å². The van der Waals surface area contributed by atoms with E-state index in [1.54, 1.807) is 37.4 Å². The molecule has 170 valence electrons. The monoisotopic (exact) mass is 487 g/mol. The summed E-state index contributed by atoms with van der Waals surface area (Å²) in [6.07, 6.45) is 0. The molecule has 0 saturated heterocycles. The van der Waals surface area contributed by atoms with Crippen molar-refractivity contribution in [1.82, 2.24) is 9.73 Å². The van der Waals surface area contributed by atoms with Crippen LogP contribution in [0.4, 0.5) is 4.39 Å². The van der Waals surface area contributed by atoms with Gasteiger partial charge in [-0.2, -0.15) is 17.9 Å². The zero-order valence-electron chi connectivity index (χ0n) is 17.5. The average Bonchev–Trinajstić information content (AvgIpc) is 2.80. The number of nitrogens with zero attached hydrogens (tertiary/aromatic N) is 2. The van der Waals surface area contributed by atoms with Gasteiger partial charge in [-0.1, -0.05) is 35.9 Å². The number of hydrogen-bond acceptors (Lipinski definition) is 5. The Kier molecular flexibility index (Phi) is 6.35. The van der Waals surface area contributed by atoms with Crippen LogP contribution in [-0.4, -0.2) is 38.1 Å². The second-order valence-corrected chi connectivity index (χ2v) is 9.43. The predicted octanol–water partition coefficient (Wildman–Crippen LogP) is 3.56. The molecule has 1 aliphatic rings. The molecule has 3 aromatic rings. The minimum atomic E-state index is -4.15. The third-order valence-electron chi connectivity index (χ3n) is 5.02. The molecule has 0 fully saturated rings. The number of amides is 1. The minimum absolute atomic E-state index is 0.0726. The van der Waals surface area contributed by atoms with Crippen molar-refractivity contribution < 1.29 is 22.3 Å². The number of rotatable bonds is 6. The fraction of sp³-hybridized carbons (Fsp3) is 0.130. The molecule has 1 heterocycles. The maximum atomic E-state index is 14.5. The van der Waals surface area contributed by atoms with Crippen LogP contribution >= 0.6 is 11.6 Å². The topological polar surface area (TPSA) is 88.1 Å². The van der Waals surface area contributed by atoms with E-state index in [4.69, 9.17) is 16.3 Å². The van der Waals surface area contributed by atoms with Crippen molar-refractivity contribution in [1.29, 1.82) is 0 Å². The molecule has 0 bridgehead atoms. The first-order chi connectivity index (χ1) is 15.8. The SMILES string of the molecule is COc1ccc(CNC(=O)CN2N=C(c3ccccc3F)c3cc(Cl)ccc3S2(=O)=O)cc1. The number of carbonyl (C=O) groups is 1. The number of carbonyl (C=O) groups excluding carboxylic acids is 1. The molecule has 4 rings (SSSR count). The van der Waals surface area contributed by atoms with Crippen LogP contribution in [0.3, 0.4) is 0 Å². The molecule has 3 aromatic carbocycles. The molecular weight excluding hydrogens is 469 g/mol. The van der Waals surface area contributed by atoms with Crippen molar-refractivity contribution in [2.45, 2.75) is 11.4 Å². The first-order valence-corrected chi connectivity index (χ1v) is 11.7. The Labute approximate surface area is 195 Å². The number of methoxy groups -OCH3 is 1. The van der Waals surface area contributed by atoms with Gasteiger partial charge in [0.15, 0.2) is 0 Å². The third-order valence-corrected chi connectivity index (χ3v) is 6.93. The first kappa shape index (κ1) is 22.8. The van der Waals surface area contributed by atoms with E-state index < -0.39 is 28.3 Å². The summed E-state index contributed by atoms with van der Waals surface area (Å²) < 4.78 is 46.6. The fourth-order valence-electron chi connectivity index (χ4n) is 3.34. The lowest BCUT2D eigenvalue weighted by molar-refractivity contribution is -0.121. The van der Waals surface area contributed by atoms with Crippen molar-refractivity contribution in [2.75, 3.05) is 13.7 Å². The summed E-state index contributed by atoms with van der Waals surface area (Å²) in [6.45, 7) is -0.384. The molecule has 0 aromatic heterocycles. The summed E-state index contributed by atoms with van der Waals surface area (Å²) in [7, 11) is -2.60. The normalized spacial score (nSPS) is 14.3. The average molecular weight is 488 g/mol. The molecule has 33 heavy (non-hydrogen) atoms. The number of nitrogens with one attached hydrogen (secondary N) is 1. The van der Waals surface area contributed by atoms with Crippen LogP contribution in [-0.2, 0) is 21.4 Å². The standard InChI is InChI=1S/C23H19ClFN3O4S/c1-32-17-9-6-15(7-10-17)13-26-22(29)14-28-27-23(18-4-2-3-5-20(18)25)19-12-16(24)8-11-21(19)33(28,30)31/h2-12H,13-14H2,1H3,(H,26,29). The molecule has 0 saturated carbocycles. The van der Waals surface area contributed by atoms with Crippen LogP contribution in [0.1, 0.15) is 16.7 Å². The Morgan fingerprint density at radius 3 is 2.52 bits per heavy atom. The highest BCUT2D eigenvalue weighted by Gasteiger charge is 2.35. The van der Waals surface area contributed by atoms with Gasteiger partial charge in [0.1, 0.15) is 23.8 Å². The third kappa shape index (κ3) is 4.69. The molecule has 0 unspecified atom stereocenters. The second-order valence-electron chi connectivity index (χ2n) is 7.18. The van der Waals surface area contributed by atoms with Gasteiger partial charge < -0.3 is 10.1 Å². The Bertz CT molecular complexity index is 1340. The van der Waals surface area contributed by atoms with Crippen LogP contribution in [0.15, 0.2) is 76.7 Å². The summed E-state index contributed by atoms with van der Waals surface area (Å²) in [5.74, 6) is -0.466. The van der Waals surface area contributed by atoms with Crippen LogP contribution in [0.5, 0.6) is 5.75 Å². The highest BCUT2D eigenvalue weighted by atomic mass is 35.5. The van der Waals surface area contributed by atoms with E-state index in [9.17, 15) is 17.6 Å². The van der Waals surface area contributed by atoms with Gasteiger partial charge in [0.25, 0.3) is 10.0 Å². The van der Waals surface area contributed by atoms with Gasteiger partial charge in [-0.15, -0.1) is 0 Å². The van der Waals surface area contributed by atoms with Gasteiger partial charge in [0.05, 0.1) is 12.0 Å². The Morgan fingerprint density at radius 2 is 1.82 bits per heavy atom. The number of hydrogen-bond donors (Lipinski definition) is 1. The predicted molar refractivity (Wildman–Crippen MR) is 122 cm³/mol. The van der Waals surface area contributed by atoms with Gasteiger partial charge in [-0.3, -0.25) is 4.79 Å². The van der Waals surface area contributed by atoms with Crippen molar-refractivity contribution in [2.24, 2.45) is 5.10 Å². The van der Waals surface area contributed by atoms with Crippen LogP contribution in [0, 0.1) is 5.82 Å². The van der Waals surface area contributed by atoms with E-state index in [1.807, 2.05) is 0 Å². The van der Waals surface area contributed by atoms with Crippen LogP contribution in [0.25, 0.3) is 0 Å². The van der Waals surface area contributed by atoms with E-state index in [2.05, 4.69) is 10.4 Å². The molecule has 0 aliphatic carbocycles. The van der Waals surface area contributed by atoms with E-state index >= 15 is 0 Å². The Balaban J connectivity index is 1.63. The lowest BCUT2D eigenvalue weighted by Gasteiger charge is -2.27. The van der Waals surface area contributed by atoms with Crippen molar-refractivity contribution in [3.8, 4) is 5.75 Å². The summed E-state index contributed by atoms with van der Waals surface area (Å²) in [5, 5.41) is 7.10. The maximum absolute atomic E-state index is 14.5. The van der Waals surface area contributed by atoms with Crippen molar-refractivity contribution in [3.63, 3.8) is 0 Å². The lowest BCUT2D eigenvalue weighted by Crippen LogP contribution is -2.40. The zero-order valence-corrected chi connectivity index (χ0v) is 19.0. The van der Waals surface area contributed by atoms with Crippen molar-refractivity contribution >= 4 is 33.2 Å². The number of sulfonamides is 1. The van der Waals surface area contributed by atoms with E-state index in [0.717, 1.165) is 5.56 Å². The van der Waals surface area contributed by atoms with Crippen LogP contribution < -0.4 is 10.1 Å². The number of ether oxygens (including phenoxy) is 1. The van der Waals surface area contributed by atoms with Gasteiger partial charge in [0.2, 0.25) is 5.91 Å². The molecule has 0 radical (unpaired) electrons. The Morgan fingerprint density at radius 1 is 1.09 bits per heavy atom. The smallest absolute Gasteiger partial charge is 0.280 e. The molecule has 10 heteroatoms. The molecule has 0 atom stereocenters. The molecule has 1 aliphatic heterocycles. The summed E-state index contributed by atoms with van der Waals surface area (Å²) in [6, 6.07) is 17.1. The Hall–Kier alpha value is -3.43. The lowest BCUT2D eigenvalue weighted by atomic mass is 10.0. The van der Waals surface area contributed by atoms with E-state index in [-0.39, 0.29) is 33.3 Å². The maximum Gasteiger partial charge on any atom is 0.280 e. The fourth-order valence-corrected chi connectivity index (χ4v) is 4.89. The highest BCUT2D eigenvalue weighted by molar-refractivity contribution is 7.89. The summed E-state index contributed by atoms with van der Waals surface area (Å²) in [5.41, 5.74) is 1.15. The van der Waals surface area contributed by atoms with E-state index in [0.29, 0.717) is 10.2 Å². The number of halogens is 2. The molecule has 1 amide bonds. The minimum Gasteiger partial charge on any atom is -0.497 e. The molecule has 1 N–H and O–H groups in total. The quantitative estimate of drug-likeness (QED) is 0.576. The highest BCUT2D eigenvalue weighted by Crippen LogP contribution is 2.31. The second kappa shape index (κ2) is 9.21. The number of benzene rings is 3. The van der Waals surface area contributed by atoms with Gasteiger partial charge in [-0.25, -0.2) is 4.39 Å². The summed E-state index contributed by atoms with van der Waals surface area (Å²) in [4.78, 5) is 12.5. The first-order valence-electron chi connectivity index (χ1n) is 9.85. The van der Waals surface area contributed by atoms with Gasteiger partial charge >= 0.3 is 0 Å². The van der Waals surface area contributed by atoms with Gasteiger partial charge in [0, 0.05) is 22.7 Å². The van der Waals surface area contributed by atoms with Crippen molar-refractivity contribution in [3.05, 3.63) is 94.3 Å². The molecule has 0 spiro atoms. The number of fused-ring (bicyclic) bond motifs is 1. The van der Waals surface area contributed by atoms with E-state index in [1.165, 1.54) is 36.4 Å². The zero-order chi connectivity index (χ0) is 23.6. The molecular formula is C23H19ClFN3O4S. The summed E-state index contributed by atoms with van der Waals surface area (Å²) >= 11 is 6.07. The largest absolute Gasteiger partial charge is 0.497 e. The van der Waals surface area contributed by atoms with Gasteiger partial charge in [-0.05, 0) is 48.0 Å². The number of hydrazone groups is 1.